The Labute approximate surface area is 92.2 Å². The molecule has 0 radical (unpaired) electrons. The Morgan fingerprint density at radius 1 is 1.18 bits per heavy atom. The second kappa shape index (κ2) is 4.81. The summed E-state index contributed by atoms with van der Waals surface area (Å²) in [7, 11) is 0. The molecule has 17 heavy (non-hydrogen) atoms. The van der Waals surface area contributed by atoms with Crippen LogP contribution in [0.5, 0.6) is 0 Å². The number of carbonyl (C=O) groups excluding carboxylic acids is 1. The molecule has 0 aromatic rings. The van der Waals surface area contributed by atoms with Crippen molar-refractivity contribution in [3.8, 4) is 0 Å². The first-order valence-electron chi connectivity index (χ1n) is 4.34. The van der Waals surface area contributed by atoms with Crippen LogP contribution >= 0.6 is 0 Å². The quantitative estimate of drug-likeness (QED) is 0.413. The van der Waals surface area contributed by atoms with Crippen molar-refractivity contribution in [3.05, 3.63) is 20.9 Å². The van der Waals surface area contributed by atoms with Gasteiger partial charge in [-0.2, -0.15) is 13.2 Å². The number of azide groups is 2. The van der Waals surface area contributed by atoms with Crippen LogP contribution in [-0.4, -0.2) is 42.2 Å². The second-order valence-corrected chi connectivity index (χ2v) is 3.25. The predicted octanol–water partition coefficient (Wildman–Crippen LogP) is 1.75. The highest BCUT2D eigenvalue weighted by atomic mass is 19.4. The lowest BCUT2D eigenvalue weighted by Gasteiger charge is -2.17. The van der Waals surface area contributed by atoms with Gasteiger partial charge in [0.05, 0.1) is 12.1 Å². The van der Waals surface area contributed by atoms with Crippen molar-refractivity contribution < 1.29 is 18.0 Å². The maximum absolute atomic E-state index is 12.1. The molecule has 1 aliphatic rings. The number of nitrogens with zero attached hydrogens (tertiary/aromatic N) is 7. The van der Waals surface area contributed by atoms with E-state index in [1.165, 1.54) is 0 Å². The highest BCUT2D eigenvalue weighted by Gasteiger charge is 2.46. The first-order valence-corrected chi connectivity index (χ1v) is 4.34. The van der Waals surface area contributed by atoms with Crippen LogP contribution in [0.15, 0.2) is 10.2 Å². The molecule has 0 aromatic carbocycles. The molecule has 8 nitrogen and oxygen atoms in total. The molecule has 11 heteroatoms. The maximum Gasteiger partial charge on any atom is 0.471 e. The number of hydrogen-bond donors (Lipinski definition) is 0. The first-order chi connectivity index (χ1) is 7.90. The van der Waals surface area contributed by atoms with Crippen LogP contribution in [0.4, 0.5) is 13.2 Å². The van der Waals surface area contributed by atoms with Gasteiger partial charge in [-0.3, -0.25) is 4.79 Å². The van der Waals surface area contributed by atoms with Crippen LogP contribution in [0, 0.1) is 0 Å². The fraction of sp³-hybridized carbons (Fsp3) is 0.833. The molecule has 0 N–H and O–H groups in total. The zero-order valence-electron chi connectivity index (χ0n) is 8.24. The number of amides is 1. The van der Waals surface area contributed by atoms with E-state index in [9.17, 15) is 18.0 Å². The number of rotatable bonds is 2. The smallest absolute Gasteiger partial charge is 0.334 e. The summed E-state index contributed by atoms with van der Waals surface area (Å²) in [6, 6.07) is -1.94. The van der Waals surface area contributed by atoms with Gasteiger partial charge >= 0.3 is 12.1 Å². The Morgan fingerprint density at radius 3 is 1.88 bits per heavy atom. The lowest BCUT2D eigenvalue weighted by molar-refractivity contribution is -0.184. The molecule has 0 spiro atoms. The van der Waals surface area contributed by atoms with Gasteiger partial charge in [0.2, 0.25) is 0 Å². The summed E-state index contributed by atoms with van der Waals surface area (Å²) >= 11 is 0. The van der Waals surface area contributed by atoms with Crippen LogP contribution < -0.4 is 0 Å². The molecule has 1 rings (SSSR count). The molecule has 92 valence electrons. The van der Waals surface area contributed by atoms with E-state index in [1.807, 2.05) is 0 Å². The lowest BCUT2D eigenvalue weighted by Crippen LogP contribution is -2.40. The zero-order chi connectivity index (χ0) is 13.1. The van der Waals surface area contributed by atoms with E-state index in [0.29, 0.717) is 4.90 Å². The molecule has 1 amide bonds. The summed E-state index contributed by atoms with van der Waals surface area (Å²) in [5.74, 6) is -2.04. The molecule has 0 aliphatic carbocycles. The Hall–Kier alpha value is -2.12. The van der Waals surface area contributed by atoms with E-state index in [-0.39, 0.29) is 0 Å². The summed E-state index contributed by atoms with van der Waals surface area (Å²) in [4.78, 5) is 16.2. The van der Waals surface area contributed by atoms with Crippen LogP contribution in [0.1, 0.15) is 0 Å². The number of halogens is 3. The van der Waals surface area contributed by atoms with Gasteiger partial charge in [0, 0.05) is 22.9 Å². The Morgan fingerprint density at radius 2 is 1.59 bits per heavy atom. The molecule has 1 heterocycles. The molecule has 0 bridgehead atoms. The van der Waals surface area contributed by atoms with E-state index < -0.39 is 37.3 Å². The normalized spacial score (nSPS) is 23.8. The Kier molecular flexibility index (Phi) is 3.66. The van der Waals surface area contributed by atoms with Crippen LogP contribution in [0.2, 0.25) is 0 Å². The second-order valence-electron chi connectivity index (χ2n) is 3.25. The maximum atomic E-state index is 12.1. The molecule has 0 unspecified atom stereocenters. The third kappa shape index (κ3) is 2.92. The van der Waals surface area contributed by atoms with Crippen molar-refractivity contribution >= 4 is 5.91 Å². The summed E-state index contributed by atoms with van der Waals surface area (Å²) < 4.78 is 36.4. The molecule has 1 aliphatic heterocycles. The largest absolute Gasteiger partial charge is 0.471 e. The average Bonchev–Trinajstić information content (AvgIpc) is 2.60. The minimum Gasteiger partial charge on any atom is -0.334 e. The van der Waals surface area contributed by atoms with Gasteiger partial charge in [-0.15, -0.1) is 0 Å². The van der Waals surface area contributed by atoms with Gasteiger partial charge in [-0.25, -0.2) is 0 Å². The number of likely N-dealkylation sites (tertiary alicyclic amines) is 1. The number of hydrogen-bond acceptors (Lipinski definition) is 3. The van der Waals surface area contributed by atoms with Gasteiger partial charge < -0.3 is 4.90 Å². The first kappa shape index (κ1) is 12.9. The van der Waals surface area contributed by atoms with Crippen LogP contribution in [0.25, 0.3) is 20.9 Å². The third-order valence-corrected chi connectivity index (χ3v) is 2.19. The van der Waals surface area contributed by atoms with E-state index in [2.05, 4.69) is 20.1 Å². The Bertz CT molecular complexity index is 382. The summed E-state index contributed by atoms with van der Waals surface area (Å²) in [5, 5.41) is 6.39. The van der Waals surface area contributed by atoms with E-state index in [1.54, 1.807) is 0 Å². The SMILES string of the molecule is [N-]=[N+]=N[C@H]1CN(C(=O)C(F)(F)F)C[C@H]1N=[N+]=[N-]. The number of carbonyl (C=O) groups is 1. The topological polar surface area (TPSA) is 118 Å². The molecule has 0 aromatic heterocycles. The van der Waals surface area contributed by atoms with Crippen molar-refractivity contribution in [1.29, 1.82) is 0 Å². The highest BCUT2D eigenvalue weighted by Crippen LogP contribution is 2.24. The van der Waals surface area contributed by atoms with E-state index >= 15 is 0 Å². The van der Waals surface area contributed by atoms with Gasteiger partial charge in [0.25, 0.3) is 0 Å². The minimum atomic E-state index is -4.99. The van der Waals surface area contributed by atoms with Crippen molar-refractivity contribution in [2.75, 3.05) is 13.1 Å². The molecule has 1 saturated heterocycles. The molecule has 2 atom stereocenters. The minimum absolute atomic E-state index is 0.411. The van der Waals surface area contributed by atoms with Gasteiger partial charge in [0.15, 0.2) is 0 Å². The van der Waals surface area contributed by atoms with Crippen molar-refractivity contribution in [2.45, 2.75) is 18.3 Å². The highest BCUT2D eigenvalue weighted by molar-refractivity contribution is 5.82. The van der Waals surface area contributed by atoms with Gasteiger partial charge in [-0.05, 0) is 11.1 Å². The fourth-order valence-electron chi connectivity index (χ4n) is 1.47. The zero-order valence-corrected chi connectivity index (χ0v) is 8.24. The molecule has 1 fully saturated rings. The van der Waals surface area contributed by atoms with Crippen LogP contribution in [-0.2, 0) is 4.79 Å². The van der Waals surface area contributed by atoms with Gasteiger partial charge in [0.1, 0.15) is 0 Å². The lowest BCUT2D eigenvalue weighted by atomic mass is 10.2. The molecule has 0 saturated carbocycles. The van der Waals surface area contributed by atoms with Crippen LogP contribution in [0.3, 0.4) is 0 Å². The molecular weight excluding hydrogens is 243 g/mol. The summed E-state index contributed by atoms with van der Waals surface area (Å²) in [6.07, 6.45) is -4.99. The fourth-order valence-corrected chi connectivity index (χ4v) is 1.47. The monoisotopic (exact) mass is 249 g/mol. The van der Waals surface area contributed by atoms with E-state index in [4.69, 9.17) is 11.1 Å². The predicted molar refractivity (Wildman–Crippen MR) is 48.5 cm³/mol. The summed E-state index contributed by atoms with van der Waals surface area (Å²) in [6.45, 7) is -0.821. The summed E-state index contributed by atoms with van der Waals surface area (Å²) in [5.41, 5.74) is 16.4. The van der Waals surface area contributed by atoms with Gasteiger partial charge in [-0.1, -0.05) is 10.2 Å². The standard InChI is InChI=1S/C6H6F3N7O/c7-6(8,9)5(17)16-1-3(12-14-10)4(2-16)13-15-11/h3-4H,1-2H2/t3-,4+. The Balaban J connectivity index is 2.85. The van der Waals surface area contributed by atoms with Crippen molar-refractivity contribution in [1.82, 2.24) is 4.90 Å². The average molecular weight is 249 g/mol. The van der Waals surface area contributed by atoms with E-state index in [0.717, 1.165) is 0 Å². The van der Waals surface area contributed by atoms with Crippen molar-refractivity contribution in [3.63, 3.8) is 0 Å². The third-order valence-electron chi connectivity index (χ3n) is 2.19. The molecular formula is C6H6F3N7O. The number of alkyl halides is 3. The van der Waals surface area contributed by atoms with Crippen molar-refractivity contribution in [2.24, 2.45) is 10.2 Å².